The molecule has 1 aromatic carbocycles. The first-order valence-corrected chi connectivity index (χ1v) is 7.06. The van der Waals surface area contributed by atoms with Gasteiger partial charge in [0, 0.05) is 10.4 Å². The molecule has 0 nitrogen and oxygen atoms in total. The minimum absolute atomic E-state index is 0.178. The molecule has 0 aliphatic carbocycles. The van der Waals surface area contributed by atoms with Gasteiger partial charge in [0.15, 0.2) is 0 Å². The molecule has 3 heteroatoms. The van der Waals surface area contributed by atoms with Crippen molar-refractivity contribution in [2.45, 2.75) is 33.1 Å². The minimum Gasteiger partial charge on any atom is -0.207 e. The third-order valence-corrected chi connectivity index (χ3v) is 4.91. The molecule has 0 heterocycles. The maximum absolute atomic E-state index is 13.2. The Kier molecular flexibility index (Phi) is 5.26. The summed E-state index contributed by atoms with van der Waals surface area (Å²) in [5.74, 6) is -0.213. The maximum Gasteiger partial charge on any atom is 0.123 e. The summed E-state index contributed by atoms with van der Waals surface area (Å²) in [6, 6.07) is 4.58. The molecule has 0 unspecified atom stereocenters. The SMILES string of the molecule is CCC(CC)(CBr)Cc1cc(F)ccc1Cl. The molecule has 0 N–H and O–H groups in total. The van der Waals surface area contributed by atoms with Gasteiger partial charge in [-0.3, -0.25) is 0 Å². The first-order valence-electron chi connectivity index (χ1n) is 5.57. The molecular formula is C13H17BrClF. The molecule has 0 aliphatic rings. The van der Waals surface area contributed by atoms with Crippen molar-refractivity contribution in [2.24, 2.45) is 5.41 Å². The van der Waals surface area contributed by atoms with E-state index in [0.29, 0.717) is 5.02 Å². The van der Waals surface area contributed by atoms with E-state index in [9.17, 15) is 4.39 Å². The van der Waals surface area contributed by atoms with Crippen LogP contribution in [0.3, 0.4) is 0 Å². The Morgan fingerprint density at radius 3 is 2.44 bits per heavy atom. The molecule has 0 saturated heterocycles. The van der Waals surface area contributed by atoms with E-state index in [1.54, 1.807) is 12.1 Å². The predicted octanol–water partition coefficient (Wildman–Crippen LogP) is 5.22. The smallest absolute Gasteiger partial charge is 0.123 e. The highest BCUT2D eigenvalue weighted by Gasteiger charge is 2.26. The Hall–Kier alpha value is -0.0800. The number of hydrogen-bond acceptors (Lipinski definition) is 0. The van der Waals surface area contributed by atoms with E-state index in [4.69, 9.17) is 11.6 Å². The fraction of sp³-hybridized carbons (Fsp3) is 0.538. The monoisotopic (exact) mass is 306 g/mol. The van der Waals surface area contributed by atoms with Crippen molar-refractivity contribution >= 4 is 27.5 Å². The average molecular weight is 308 g/mol. The standard InChI is InChI=1S/C13H17BrClF/c1-3-13(4-2,9-14)8-10-7-11(16)5-6-12(10)15/h5-7H,3-4,8-9H2,1-2H3. The van der Waals surface area contributed by atoms with Crippen molar-refractivity contribution in [2.75, 3.05) is 5.33 Å². The number of rotatable bonds is 5. The van der Waals surface area contributed by atoms with Crippen molar-refractivity contribution in [1.82, 2.24) is 0 Å². The van der Waals surface area contributed by atoms with Gasteiger partial charge in [-0.1, -0.05) is 41.4 Å². The van der Waals surface area contributed by atoms with Gasteiger partial charge in [-0.05, 0) is 48.4 Å². The van der Waals surface area contributed by atoms with Gasteiger partial charge in [0.25, 0.3) is 0 Å². The van der Waals surface area contributed by atoms with Gasteiger partial charge in [0.2, 0.25) is 0 Å². The molecular weight excluding hydrogens is 290 g/mol. The van der Waals surface area contributed by atoms with Gasteiger partial charge in [0.05, 0.1) is 0 Å². The zero-order chi connectivity index (χ0) is 12.2. The van der Waals surface area contributed by atoms with E-state index in [0.717, 1.165) is 30.2 Å². The van der Waals surface area contributed by atoms with Crippen LogP contribution in [0.15, 0.2) is 18.2 Å². The zero-order valence-corrected chi connectivity index (χ0v) is 12.0. The van der Waals surface area contributed by atoms with Crippen molar-refractivity contribution in [3.8, 4) is 0 Å². The normalized spacial score (nSPS) is 11.8. The topological polar surface area (TPSA) is 0 Å². The second-order valence-corrected chi connectivity index (χ2v) is 5.22. The molecule has 0 fully saturated rings. The van der Waals surface area contributed by atoms with E-state index >= 15 is 0 Å². The van der Waals surface area contributed by atoms with Gasteiger partial charge in [0.1, 0.15) is 5.82 Å². The van der Waals surface area contributed by atoms with E-state index in [1.165, 1.54) is 6.07 Å². The first-order chi connectivity index (χ1) is 7.56. The minimum atomic E-state index is -0.213. The molecule has 0 radical (unpaired) electrons. The third-order valence-electron chi connectivity index (χ3n) is 3.36. The lowest BCUT2D eigenvalue weighted by Crippen LogP contribution is -2.24. The van der Waals surface area contributed by atoms with Crippen LogP contribution in [0.25, 0.3) is 0 Å². The summed E-state index contributed by atoms with van der Waals surface area (Å²) in [6.07, 6.45) is 2.94. The maximum atomic E-state index is 13.2. The van der Waals surface area contributed by atoms with Crippen LogP contribution in [0.1, 0.15) is 32.3 Å². The highest BCUT2D eigenvalue weighted by Crippen LogP contribution is 2.35. The molecule has 90 valence electrons. The van der Waals surface area contributed by atoms with Crippen LogP contribution in [-0.2, 0) is 6.42 Å². The summed E-state index contributed by atoms with van der Waals surface area (Å²) in [5, 5.41) is 1.58. The quantitative estimate of drug-likeness (QED) is 0.654. The van der Waals surface area contributed by atoms with Gasteiger partial charge in [-0.25, -0.2) is 4.39 Å². The first kappa shape index (κ1) is 14.0. The van der Waals surface area contributed by atoms with E-state index in [2.05, 4.69) is 29.8 Å². The van der Waals surface area contributed by atoms with Gasteiger partial charge in [-0.15, -0.1) is 0 Å². The summed E-state index contributed by atoms with van der Waals surface area (Å²) >= 11 is 9.65. The summed E-state index contributed by atoms with van der Waals surface area (Å²) < 4.78 is 13.2. The van der Waals surface area contributed by atoms with Gasteiger partial charge >= 0.3 is 0 Å². The Balaban J connectivity index is 2.97. The van der Waals surface area contributed by atoms with E-state index in [1.807, 2.05) is 0 Å². The van der Waals surface area contributed by atoms with E-state index < -0.39 is 0 Å². The van der Waals surface area contributed by atoms with Gasteiger partial charge < -0.3 is 0 Å². The molecule has 0 bridgehead atoms. The Morgan fingerprint density at radius 1 is 1.31 bits per heavy atom. The number of benzene rings is 1. The second kappa shape index (κ2) is 6.02. The third kappa shape index (κ3) is 3.21. The summed E-state index contributed by atoms with van der Waals surface area (Å²) in [6.45, 7) is 4.33. The lowest BCUT2D eigenvalue weighted by Gasteiger charge is -2.30. The molecule has 1 aromatic rings. The summed E-state index contributed by atoms with van der Waals surface area (Å²) in [5.41, 5.74) is 1.09. The molecule has 16 heavy (non-hydrogen) atoms. The average Bonchev–Trinajstić information content (AvgIpc) is 2.31. The predicted molar refractivity (Wildman–Crippen MR) is 71.9 cm³/mol. The lowest BCUT2D eigenvalue weighted by atomic mass is 9.79. The van der Waals surface area contributed by atoms with Crippen LogP contribution < -0.4 is 0 Å². The Morgan fingerprint density at radius 2 is 1.94 bits per heavy atom. The zero-order valence-electron chi connectivity index (χ0n) is 9.69. The fourth-order valence-electron chi connectivity index (χ4n) is 1.82. The van der Waals surface area contributed by atoms with Crippen molar-refractivity contribution in [3.05, 3.63) is 34.6 Å². The largest absolute Gasteiger partial charge is 0.207 e. The highest BCUT2D eigenvalue weighted by atomic mass is 79.9. The highest BCUT2D eigenvalue weighted by molar-refractivity contribution is 9.09. The van der Waals surface area contributed by atoms with Gasteiger partial charge in [-0.2, -0.15) is 0 Å². The summed E-state index contributed by atoms with van der Waals surface area (Å²) in [7, 11) is 0. The van der Waals surface area contributed by atoms with Crippen molar-refractivity contribution in [3.63, 3.8) is 0 Å². The Bertz CT molecular complexity index is 340. The van der Waals surface area contributed by atoms with Crippen LogP contribution in [0.5, 0.6) is 0 Å². The number of halogens is 3. The van der Waals surface area contributed by atoms with Crippen LogP contribution >= 0.6 is 27.5 Å². The molecule has 1 rings (SSSR count). The van der Waals surface area contributed by atoms with Crippen LogP contribution in [0.4, 0.5) is 4.39 Å². The molecule has 0 saturated carbocycles. The lowest BCUT2D eigenvalue weighted by molar-refractivity contribution is 0.306. The number of hydrogen-bond donors (Lipinski definition) is 0. The molecule has 0 spiro atoms. The van der Waals surface area contributed by atoms with Crippen LogP contribution in [-0.4, -0.2) is 5.33 Å². The summed E-state index contributed by atoms with van der Waals surface area (Å²) in [4.78, 5) is 0. The Labute approximate surface area is 110 Å². The molecule has 0 aliphatic heterocycles. The molecule has 0 atom stereocenters. The molecule has 0 aromatic heterocycles. The number of alkyl halides is 1. The van der Waals surface area contributed by atoms with Crippen molar-refractivity contribution < 1.29 is 4.39 Å². The van der Waals surface area contributed by atoms with Crippen LogP contribution in [0, 0.1) is 11.2 Å². The van der Waals surface area contributed by atoms with E-state index in [-0.39, 0.29) is 11.2 Å². The second-order valence-electron chi connectivity index (χ2n) is 4.25. The fourth-order valence-corrected chi connectivity index (χ4v) is 2.99. The van der Waals surface area contributed by atoms with Crippen LogP contribution in [0.2, 0.25) is 5.02 Å². The molecule has 0 amide bonds. The van der Waals surface area contributed by atoms with Crippen molar-refractivity contribution in [1.29, 1.82) is 0 Å².